The van der Waals surface area contributed by atoms with E-state index in [2.05, 4.69) is 59.7 Å². The maximum Gasteiger partial charge on any atom is 0.252 e. The van der Waals surface area contributed by atoms with Crippen molar-refractivity contribution in [2.75, 3.05) is 0 Å². The highest BCUT2D eigenvalue weighted by Gasteiger charge is 2.19. The van der Waals surface area contributed by atoms with Gasteiger partial charge in [-0.1, -0.05) is 54.4 Å². The summed E-state index contributed by atoms with van der Waals surface area (Å²) < 4.78 is 2.10. The lowest BCUT2D eigenvalue weighted by Gasteiger charge is -2.15. The molecule has 0 aliphatic heterocycles. The Hall–Kier alpha value is -0.660. The van der Waals surface area contributed by atoms with Gasteiger partial charge in [-0.3, -0.25) is 9.59 Å². The monoisotopic (exact) mass is 452 g/mol. The van der Waals surface area contributed by atoms with Crippen molar-refractivity contribution < 1.29 is 9.59 Å². The van der Waals surface area contributed by atoms with Crippen LogP contribution in [0.4, 0.5) is 0 Å². The molecule has 2 amide bonds. The topological polar surface area (TPSA) is 72.2 Å². The zero-order chi connectivity index (χ0) is 14.6. The summed E-state index contributed by atoms with van der Waals surface area (Å²) in [5.74, 6) is -0.984. The molecule has 19 heavy (non-hydrogen) atoms. The van der Waals surface area contributed by atoms with E-state index in [1.165, 1.54) is 0 Å². The Morgan fingerprint density at radius 1 is 1.26 bits per heavy atom. The molecule has 1 atom stereocenters. The minimum Gasteiger partial charge on any atom is -0.368 e. The second-order valence-corrected chi connectivity index (χ2v) is 6.76. The lowest BCUT2D eigenvalue weighted by Crippen LogP contribution is -2.44. The van der Waals surface area contributed by atoms with Crippen LogP contribution in [0.3, 0.4) is 0 Å². The van der Waals surface area contributed by atoms with E-state index in [-0.39, 0.29) is 12.3 Å². The predicted octanol–water partition coefficient (Wildman–Crippen LogP) is 3.09. The first-order valence-corrected chi connectivity index (χ1v) is 7.57. The summed E-state index contributed by atoms with van der Waals surface area (Å²) in [5, 5.41) is 2.57. The molecule has 0 bridgehead atoms. The summed E-state index contributed by atoms with van der Waals surface area (Å²) in [4.78, 5) is 23.3. The standard InChI is InChI=1S/C12H11Br3N2O2/c1-6(13)2-10(11(16)18)17-12(19)7-3-8(14)5-9(15)4-7/h3-5,10H,1-2H2,(H2,16,18)(H,17,19)/t10-/m1/s1. The summed E-state index contributed by atoms with van der Waals surface area (Å²) in [7, 11) is 0. The lowest BCUT2D eigenvalue weighted by atomic mass is 10.1. The minimum absolute atomic E-state index is 0.246. The van der Waals surface area contributed by atoms with Crippen molar-refractivity contribution in [1.82, 2.24) is 5.32 Å². The molecule has 1 rings (SSSR count). The van der Waals surface area contributed by atoms with Gasteiger partial charge in [0.2, 0.25) is 5.91 Å². The zero-order valence-corrected chi connectivity index (χ0v) is 14.5. The van der Waals surface area contributed by atoms with Gasteiger partial charge in [-0.2, -0.15) is 0 Å². The number of carbonyl (C=O) groups excluding carboxylic acids is 2. The first-order valence-electron chi connectivity index (χ1n) is 5.19. The van der Waals surface area contributed by atoms with E-state index in [0.717, 1.165) is 8.95 Å². The molecular weight excluding hydrogens is 444 g/mol. The van der Waals surface area contributed by atoms with Gasteiger partial charge in [0.05, 0.1) is 0 Å². The highest BCUT2D eigenvalue weighted by molar-refractivity contribution is 9.11. The number of benzene rings is 1. The summed E-state index contributed by atoms with van der Waals surface area (Å²) in [5.41, 5.74) is 5.66. The first-order chi connectivity index (χ1) is 8.79. The molecular formula is C12H11Br3N2O2. The van der Waals surface area contributed by atoms with Crippen molar-refractivity contribution in [3.8, 4) is 0 Å². The third-order valence-corrected chi connectivity index (χ3v) is 3.44. The van der Waals surface area contributed by atoms with Crippen LogP contribution in [0, 0.1) is 0 Å². The van der Waals surface area contributed by atoms with E-state index in [4.69, 9.17) is 5.73 Å². The molecule has 0 heterocycles. The van der Waals surface area contributed by atoms with E-state index in [1.807, 2.05) is 6.07 Å². The Kier molecular flexibility index (Phi) is 6.22. The summed E-state index contributed by atoms with van der Waals surface area (Å²) in [6, 6.07) is 4.32. The van der Waals surface area contributed by atoms with E-state index in [1.54, 1.807) is 12.1 Å². The third-order valence-electron chi connectivity index (χ3n) is 2.20. The molecule has 0 unspecified atom stereocenters. The van der Waals surface area contributed by atoms with Crippen molar-refractivity contribution in [1.29, 1.82) is 0 Å². The second kappa shape index (κ2) is 7.21. The van der Waals surface area contributed by atoms with Crippen LogP contribution in [0.15, 0.2) is 38.2 Å². The molecule has 0 aliphatic rings. The number of primary amides is 1. The largest absolute Gasteiger partial charge is 0.368 e. The Morgan fingerprint density at radius 2 is 1.79 bits per heavy atom. The van der Waals surface area contributed by atoms with Crippen LogP contribution >= 0.6 is 47.8 Å². The molecule has 1 aromatic rings. The molecule has 0 fully saturated rings. The predicted molar refractivity (Wildman–Crippen MR) is 85.0 cm³/mol. The molecule has 7 heteroatoms. The Balaban J connectivity index is 2.87. The van der Waals surface area contributed by atoms with E-state index in [9.17, 15) is 9.59 Å². The van der Waals surface area contributed by atoms with Gasteiger partial charge in [-0.25, -0.2) is 0 Å². The van der Waals surface area contributed by atoms with E-state index >= 15 is 0 Å². The van der Waals surface area contributed by atoms with Crippen LogP contribution in [-0.2, 0) is 4.79 Å². The normalized spacial score (nSPS) is 11.7. The van der Waals surface area contributed by atoms with Crippen molar-refractivity contribution in [3.05, 3.63) is 43.8 Å². The highest BCUT2D eigenvalue weighted by atomic mass is 79.9. The molecule has 1 aromatic carbocycles. The lowest BCUT2D eigenvalue weighted by molar-refractivity contribution is -0.119. The molecule has 0 saturated heterocycles. The molecule has 102 valence electrons. The summed E-state index contributed by atoms with van der Waals surface area (Å²) >= 11 is 9.73. The fourth-order valence-electron chi connectivity index (χ4n) is 1.37. The number of halogens is 3. The smallest absolute Gasteiger partial charge is 0.252 e. The van der Waals surface area contributed by atoms with Crippen LogP contribution in [0.1, 0.15) is 16.8 Å². The summed E-state index contributed by atoms with van der Waals surface area (Å²) in [6.07, 6.45) is 0.246. The number of carbonyl (C=O) groups is 2. The number of amides is 2. The Bertz CT molecular complexity index is 511. The number of hydrogen-bond donors (Lipinski definition) is 2. The molecule has 0 spiro atoms. The van der Waals surface area contributed by atoms with Gasteiger partial charge in [0, 0.05) is 20.9 Å². The summed E-state index contributed by atoms with van der Waals surface area (Å²) in [6.45, 7) is 3.63. The maximum absolute atomic E-state index is 12.0. The number of nitrogens with one attached hydrogen (secondary N) is 1. The molecule has 4 nitrogen and oxygen atoms in total. The van der Waals surface area contributed by atoms with Gasteiger partial charge in [-0.05, 0) is 22.7 Å². The van der Waals surface area contributed by atoms with Gasteiger partial charge in [0.25, 0.3) is 5.91 Å². The van der Waals surface area contributed by atoms with Crippen molar-refractivity contribution in [3.63, 3.8) is 0 Å². The molecule has 0 aliphatic carbocycles. The van der Waals surface area contributed by atoms with Crippen LogP contribution in [0.25, 0.3) is 0 Å². The van der Waals surface area contributed by atoms with Gasteiger partial charge < -0.3 is 11.1 Å². The van der Waals surface area contributed by atoms with Crippen LogP contribution in [0.5, 0.6) is 0 Å². The fraction of sp³-hybridized carbons (Fsp3) is 0.167. The first kappa shape index (κ1) is 16.4. The van der Waals surface area contributed by atoms with Crippen LogP contribution < -0.4 is 11.1 Å². The quantitative estimate of drug-likeness (QED) is 0.717. The minimum atomic E-state index is -0.794. The van der Waals surface area contributed by atoms with Gasteiger partial charge in [0.1, 0.15) is 6.04 Å². The molecule has 3 N–H and O–H groups in total. The fourth-order valence-corrected chi connectivity index (χ4v) is 2.99. The molecule has 0 aromatic heterocycles. The maximum atomic E-state index is 12.0. The Morgan fingerprint density at radius 3 is 2.21 bits per heavy atom. The molecule has 0 saturated carbocycles. The highest BCUT2D eigenvalue weighted by Crippen LogP contribution is 2.20. The Labute approximate surface area is 136 Å². The van der Waals surface area contributed by atoms with E-state index in [0.29, 0.717) is 10.0 Å². The average Bonchev–Trinajstić information content (AvgIpc) is 2.25. The van der Waals surface area contributed by atoms with Crippen molar-refractivity contribution >= 4 is 59.6 Å². The average molecular weight is 455 g/mol. The number of hydrogen-bond acceptors (Lipinski definition) is 2. The van der Waals surface area contributed by atoms with Crippen LogP contribution in [-0.4, -0.2) is 17.9 Å². The second-order valence-electron chi connectivity index (χ2n) is 3.81. The number of nitrogens with two attached hydrogens (primary N) is 1. The van der Waals surface area contributed by atoms with Crippen molar-refractivity contribution in [2.45, 2.75) is 12.5 Å². The van der Waals surface area contributed by atoms with Crippen LogP contribution in [0.2, 0.25) is 0 Å². The third kappa shape index (κ3) is 5.46. The number of rotatable bonds is 5. The van der Waals surface area contributed by atoms with Gasteiger partial charge >= 0.3 is 0 Å². The SMILES string of the molecule is C=C(Br)C[C@@H](NC(=O)c1cc(Br)cc(Br)c1)C(N)=O. The van der Waals surface area contributed by atoms with E-state index < -0.39 is 11.9 Å². The van der Waals surface area contributed by atoms with Gasteiger partial charge in [-0.15, -0.1) is 0 Å². The van der Waals surface area contributed by atoms with Gasteiger partial charge in [0.15, 0.2) is 0 Å². The van der Waals surface area contributed by atoms with Crippen molar-refractivity contribution in [2.24, 2.45) is 5.73 Å². The zero-order valence-electron chi connectivity index (χ0n) is 9.75. The molecule has 0 radical (unpaired) electrons.